The first-order valence-corrected chi connectivity index (χ1v) is 16.2. The third-order valence-electron chi connectivity index (χ3n) is 7.30. The Bertz CT molecular complexity index is 1680. The number of carbonyl (C=O) groups excluding carboxylic acids is 2. The van der Waals surface area contributed by atoms with Crippen molar-refractivity contribution in [3.8, 4) is 5.75 Å². The number of sulfonamides is 1. The van der Waals surface area contributed by atoms with E-state index < -0.39 is 34.3 Å². The van der Waals surface area contributed by atoms with E-state index in [1.54, 1.807) is 48.5 Å². The van der Waals surface area contributed by atoms with Crippen LogP contribution in [0.15, 0.2) is 108 Å². The lowest BCUT2D eigenvalue weighted by Crippen LogP contribution is -2.53. The third kappa shape index (κ3) is 8.48. The highest BCUT2D eigenvalue weighted by Crippen LogP contribution is 2.34. The molecule has 1 atom stereocenters. The number of ether oxygens (including phenoxy) is 1. The Morgan fingerprint density at radius 3 is 2.16 bits per heavy atom. The summed E-state index contributed by atoms with van der Waals surface area (Å²) in [7, 11) is -2.85. The summed E-state index contributed by atoms with van der Waals surface area (Å²) >= 11 is 0. The van der Waals surface area contributed by atoms with Crippen LogP contribution >= 0.6 is 0 Å². The van der Waals surface area contributed by atoms with Gasteiger partial charge in [-0.05, 0) is 66.4 Å². The van der Waals surface area contributed by atoms with Crippen LogP contribution in [0.25, 0.3) is 0 Å². The molecule has 0 aliphatic rings. The van der Waals surface area contributed by atoms with Crippen molar-refractivity contribution in [3.05, 3.63) is 126 Å². The van der Waals surface area contributed by atoms with Crippen molar-refractivity contribution >= 4 is 27.5 Å². The van der Waals surface area contributed by atoms with Gasteiger partial charge in [-0.25, -0.2) is 12.8 Å². The number of anilines is 1. The average Bonchev–Trinajstić information content (AvgIpc) is 3.05. The minimum Gasteiger partial charge on any atom is -0.495 e. The maximum Gasteiger partial charge on any atom is 0.264 e. The molecule has 0 unspecified atom stereocenters. The third-order valence-corrected chi connectivity index (χ3v) is 9.07. The molecule has 0 saturated carbocycles. The molecule has 0 radical (unpaired) electrons. The lowest BCUT2D eigenvalue weighted by molar-refractivity contribution is -0.140. The molecule has 45 heavy (non-hydrogen) atoms. The van der Waals surface area contributed by atoms with E-state index in [1.165, 1.54) is 36.3 Å². The number of halogens is 1. The number of rotatable bonds is 14. The fourth-order valence-electron chi connectivity index (χ4n) is 4.93. The first-order valence-electron chi connectivity index (χ1n) is 14.7. The van der Waals surface area contributed by atoms with Gasteiger partial charge in [-0.2, -0.15) is 0 Å². The quantitative estimate of drug-likeness (QED) is 0.198. The number of methoxy groups -OCH3 is 1. The topological polar surface area (TPSA) is 96.0 Å². The molecule has 236 valence electrons. The molecule has 1 N–H and O–H groups in total. The van der Waals surface area contributed by atoms with E-state index in [-0.39, 0.29) is 35.2 Å². The molecule has 0 heterocycles. The molecule has 4 aromatic carbocycles. The second-order valence-electron chi connectivity index (χ2n) is 10.6. The Morgan fingerprint density at radius 1 is 0.889 bits per heavy atom. The van der Waals surface area contributed by atoms with Crippen LogP contribution in [-0.2, 0) is 32.6 Å². The lowest BCUT2D eigenvalue weighted by atomic mass is 10.0. The molecular formula is C35H38FN3O5S. The molecule has 8 nitrogen and oxygen atoms in total. The molecule has 0 fully saturated rings. The van der Waals surface area contributed by atoms with Gasteiger partial charge in [0, 0.05) is 19.5 Å². The smallest absolute Gasteiger partial charge is 0.264 e. The summed E-state index contributed by atoms with van der Waals surface area (Å²) in [5, 5.41) is 2.91. The molecular weight excluding hydrogens is 593 g/mol. The Labute approximate surface area is 264 Å². The van der Waals surface area contributed by atoms with E-state index in [9.17, 15) is 22.4 Å². The largest absolute Gasteiger partial charge is 0.495 e. The van der Waals surface area contributed by atoms with Crippen molar-refractivity contribution in [2.45, 2.75) is 44.2 Å². The van der Waals surface area contributed by atoms with Crippen LogP contribution in [0.4, 0.5) is 10.1 Å². The van der Waals surface area contributed by atoms with E-state index in [2.05, 4.69) is 5.32 Å². The highest BCUT2D eigenvalue weighted by molar-refractivity contribution is 7.92. The van der Waals surface area contributed by atoms with Crippen molar-refractivity contribution in [1.82, 2.24) is 10.2 Å². The predicted molar refractivity (Wildman–Crippen MR) is 173 cm³/mol. The summed E-state index contributed by atoms with van der Waals surface area (Å²) in [5.41, 5.74) is 2.35. The van der Waals surface area contributed by atoms with Crippen molar-refractivity contribution in [3.63, 3.8) is 0 Å². The van der Waals surface area contributed by atoms with E-state index in [4.69, 9.17) is 4.74 Å². The molecule has 0 saturated heterocycles. The highest BCUT2D eigenvalue weighted by Gasteiger charge is 2.35. The summed E-state index contributed by atoms with van der Waals surface area (Å²) < 4.78 is 48.7. The maximum atomic E-state index is 14.5. The van der Waals surface area contributed by atoms with Crippen LogP contribution in [0.1, 0.15) is 30.0 Å². The molecule has 0 aromatic heterocycles. The van der Waals surface area contributed by atoms with Crippen LogP contribution in [0, 0.1) is 12.7 Å². The highest BCUT2D eigenvalue weighted by atomic mass is 32.2. The molecule has 4 aromatic rings. The zero-order chi connectivity index (χ0) is 32.4. The minimum atomic E-state index is -4.27. The monoisotopic (exact) mass is 631 g/mol. The molecule has 0 aliphatic carbocycles. The fourth-order valence-corrected chi connectivity index (χ4v) is 6.37. The van der Waals surface area contributed by atoms with Gasteiger partial charge in [0.25, 0.3) is 10.0 Å². The van der Waals surface area contributed by atoms with Crippen molar-refractivity contribution in [2.24, 2.45) is 0 Å². The zero-order valence-electron chi connectivity index (χ0n) is 25.6. The number of nitrogens with zero attached hydrogens (tertiary/aromatic N) is 2. The van der Waals surface area contributed by atoms with Crippen molar-refractivity contribution in [1.29, 1.82) is 0 Å². The van der Waals surface area contributed by atoms with Gasteiger partial charge in [0.15, 0.2) is 0 Å². The Morgan fingerprint density at radius 2 is 1.53 bits per heavy atom. The van der Waals surface area contributed by atoms with Crippen molar-refractivity contribution in [2.75, 3.05) is 24.5 Å². The first kappa shape index (κ1) is 33.2. The minimum absolute atomic E-state index is 0.00651. The molecule has 2 amide bonds. The Kier molecular flexibility index (Phi) is 11.3. The molecule has 0 bridgehead atoms. The van der Waals surface area contributed by atoms with E-state index in [1.807, 2.05) is 44.2 Å². The summed E-state index contributed by atoms with van der Waals surface area (Å²) in [5.74, 6) is -1.17. The van der Waals surface area contributed by atoms with Crippen LogP contribution in [0.5, 0.6) is 5.75 Å². The number of hydrogen-bond donors (Lipinski definition) is 1. The van der Waals surface area contributed by atoms with Gasteiger partial charge < -0.3 is 15.0 Å². The van der Waals surface area contributed by atoms with Crippen LogP contribution in [0.3, 0.4) is 0 Å². The van der Waals surface area contributed by atoms with Crippen LogP contribution in [-0.4, -0.2) is 51.4 Å². The lowest BCUT2D eigenvalue weighted by Gasteiger charge is -2.34. The zero-order valence-corrected chi connectivity index (χ0v) is 26.5. The Balaban J connectivity index is 1.83. The Hall–Kier alpha value is -4.70. The van der Waals surface area contributed by atoms with Gasteiger partial charge in [-0.15, -0.1) is 0 Å². The average molecular weight is 632 g/mol. The SMILES string of the molecule is CCCNC(=O)[C@H](Cc1ccccc1)N(Cc1ccc(F)cc1)C(=O)CN(c1cc(C)ccc1OC)S(=O)(=O)c1ccccc1. The molecule has 0 aliphatic heterocycles. The second kappa shape index (κ2) is 15.3. The number of nitrogens with one attached hydrogen (secondary N) is 1. The van der Waals surface area contributed by atoms with E-state index in [0.29, 0.717) is 18.5 Å². The van der Waals surface area contributed by atoms with E-state index >= 15 is 0 Å². The number of amides is 2. The van der Waals surface area contributed by atoms with Gasteiger partial charge in [-0.1, -0.05) is 73.7 Å². The van der Waals surface area contributed by atoms with Gasteiger partial charge in [0.1, 0.15) is 24.2 Å². The summed E-state index contributed by atoms with van der Waals surface area (Å²) in [6.07, 6.45) is 0.870. The maximum absolute atomic E-state index is 14.5. The molecule has 0 spiro atoms. The molecule has 10 heteroatoms. The number of carbonyl (C=O) groups is 2. The van der Waals surface area contributed by atoms with Gasteiger partial charge in [0.2, 0.25) is 11.8 Å². The number of benzene rings is 4. The van der Waals surface area contributed by atoms with Crippen LogP contribution < -0.4 is 14.4 Å². The van der Waals surface area contributed by atoms with E-state index in [0.717, 1.165) is 15.4 Å². The van der Waals surface area contributed by atoms with Gasteiger partial charge in [-0.3, -0.25) is 13.9 Å². The van der Waals surface area contributed by atoms with Crippen molar-refractivity contribution < 1.29 is 27.1 Å². The van der Waals surface area contributed by atoms with Gasteiger partial charge >= 0.3 is 0 Å². The summed E-state index contributed by atoms with van der Waals surface area (Å²) in [6, 6.07) is 26.9. The summed E-state index contributed by atoms with van der Waals surface area (Å²) in [4.78, 5) is 29.6. The predicted octanol–water partition coefficient (Wildman–Crippen LogP) is 5.50. The standard InChI is InChI=1S/C35H38FN3O5S/c1-4-21-37-35(41)32(23-27-11-7-5-8-12-27)38(24-28-16-18-29(36)19-17-28)34(40)25-39(31-22-26(2)15-20-33(31)44-3)45(42,43)30-13-9-6-10-14-30/h5-20,22,32H,4,21,23-25H2,1-3H3,(H,37,41)/t32-/m0/s1. The number of aryl methyl sites for hydroxylation is 1. The first-order chi connectivity index (χ1) is 21.6. The normalized spacial score (nSPS) is 11.8. The van der Waals surface area contributed by atoms with Crippen LogP contribution in [0.2, 0.25) is 0 Å². The summed E-state index contributed by atoms with van der Waals surface area (Å²) in [6.45, 7) is 3.46. The molecule has 4 rings (SSSR count). The number of hydrogen-bond acceptors (Lipinski definition) is 5. The fraction of sp³-hybridized carbons (Fsp3) is 0.257. The second-order valence-corrected chi connectivity index (χ2v) is 12.5. The van der Waals surface area contributed by atoms with Gasteiger partial charge in [0.05, 0.1) is 17.7 Å².